The quantitative estimate of drug-likeness (QED) is 0.514. The first kappa shape index (κ1) is 23.3. The molecule has 2 aromatic heterocycles. The topological polar surface area (TPSA) is 94.0 Å². The van der Waals surface area contributed by atoms with E-state index in [0.717, 1.165) is 67.1 Å². The number of hydrogen-bond acceptors (Lipinski definition) is 6. The summed E-state index contributed by atoms with van der Waals surface area (Å²) in [4.78, 5) is 21.3. The number of rotatable bonds is 4. The zero-order valence-corrected chi connectivity index (χ0v) is 21.0. The van der Waals surface area contributed by atoms with E-state index in [1.54, 1.807) is 6.33 Å². The number of carbonyl (C=O) groups is 1. The Morgan fingerprint density at radius 3 is 2.80 bits per heavy atom. The molecular weight excluding hydrogens is 440 g/mol. The molecule has 2 aliphatic rings. The maximum atomic E-state index is 12.3. The molecule has 0 radical (unpaired) electrons. The van der Waals surface area contributed by atoms with Gasteiger partial charge in [-0.25, -0.2) is 14.8 Å². The van der Waals surface area contributed by atoms with Crippen LogP contribution >= 0.6 is 0 Å². The highest BCUT2D eigenvalue weighted by molar-refractivity contribution is 5.69. The van der Waals surface area contributed by atoms with E-state index >= 15 is 0 Å². The highest BCUT2D eigenvalue weighted by Gasteiger charge is 2.25. The highest BCUT2D eigenvalue weighted by Crippen LogP contribution is 2.33. The molecule has 1 aromatic carbocycles. The molecule has 0 saturated heterocycles. The molecule has 0 bridgehead atoms. The molecule has 1 aliphatic heterocycles. The molecule has 35 heavy (non-hydrogen) atoms. The molecule has 1 amide bonds. The van der Waals surface area contributed by atoms with Crippen LogP contribution in [-0.2, 0) is 24.1 Å². The van der Waals surface area contributed by atoms with Crippen molar-refractivity contribution in [2.75, 3.05) is 5.32 Å². The third-order valence-corrected chi connectivity index (χ3v) is 6.62. The van der Waals surface area contributed by atoms with Crippen LogP contribution in [0.3, 0.4) is 0 Å². The normalized spacial score (nSPS) is 19.4. The van der Waals surface area contributed by atoms with E-state index < -0.39 is 5.60 Å². The number of aryl methyl sites for hydroxylation is 2. The number of fused-ring (bicyclic) bond motifs is 2. The molecular formula is C27H34N6O2. The average Bonchev–Trinajstić information content (AvgIpc) is 3.19. The van der Waals surface area contributed by atoms with Gasteiger partial charge in [-0.2, -0.15) is 5.10 Å². The van der Waals surface area contributed by atoms with Gasteiger partial charge in [0.05, 0.1) is 11.7 Å². The minimum Gasteiger partial charge on any atom is -0.444 e. The van der Waals surface area contributed by atoms with E-state index in [-0.39, 0.29) is 12.1 Å². The lowest BCUT2D eigenvalue weighted by Crippen LogP contribution is -2.36. The van der Waals surface area contributed by atoms with E-state index in [1.807, 2.05) is 26.8 Å². The maximum absolute atomic E-state index is 12.3. The van der Waals surface area contributed by atoms with Crippen molar-refractivity contribution < 1.29 is 9.53 Å². The molecule has 184 valence electrons. The van der Waals surface area contributed by atoms with Gasteiger partial charge in [0.1, 0.15) is 17.7 Å². The molecule has 5 rings (SSSR count). The van der Waals surface area contributed by atoms with Gasteiger partial charge in [0.15, 0.2) is 5.82 Å². The summed E-state index contributed by atoms with van der Waals surface area (Å²) in [5, 5.41) is 11.1. The van der Waals surface area contributed by atoms with Crippen molar-refractivity contribution in [3.05, 3.63) is 53.5 Å². The Labute approximate surface area is 206 Å². The predicted molar refractivity (Wildman–Crippen MR) is 136 cm³/mol. The lowest BCUT2D eigenvalue weighted by molar-refractivity contribution is 0.0498. The number of alkyl carbamates (subject to hydrolysis) is 1. The molecule has 2 atom stereocenters. The van der Waals surface area contributed by atoms with Gasteiger partial charge in [-0.05, 0) is 76.0 Å². The predicted octanol–water partition coefficient (Wildman–Crippen LogP) is 5.57. The SMILES string of the molecule is CC1CCn2nc(Nc3cc(-c4ccc5c(c4)CCCC5NC(=O)OC(C)(C)C)ncn3)cc2C1. The Morgan fingerprint density at radius 1 is 1.11 bits per heavy atom. The van der Waals surface area contributed by atoms with Crippen molar-refractivity contribution in [1.82, 2.24) is 25.1 Å². The van der Waals surface area contributed by atoms with Crippen LogP contribution in [0.2, 0.25) is 0 Å². The molecule has 2 N–H and O–H groups in total. The van der Waals surface area contributed by atoms with E-state index in [1.165, 1.54) is 11.3 Å². The molecule has 1 aliphatic carbocycles. The van der Waals surface area contributed by atoms with Crippen molar-refractivity contribution in [2.24, 2.45) is 5.92 Å². The van der Waals surface area contributed by atoms with Crippen LogP contribution in [0.1, 0.15) is 69.8 Å². The second kappa shape index (κ2) is 9.32. The third-order valence-electron chi connectivity index (χ3n) is 6.62. The number of benzene rings is 1. The Morgan fingerprint density at radius 2 is 1.97 bits per heavy atom. The molecule has 8 nitrogen and oxygen atoms in total. The fourth-order valence-corrected chi connectivity index (χ4v) is 4.96. The van der Waals surface area contributed by atoms with Crippen LogP contribution in [-0.4, -0.2) is 31.4 Å². The number of amides is 1. The summed E-state index contributed by atoms with van der Waals surface area (Å²) in [6.07, 6.45) is 6.33. The van der Waals surface area contributed by atoms with Gasteiger partial charge in [-0.15, -0.1) is 0 Å². The fraction of sp³-hybridized carbons (Fsp3) is 0.481. The van der Waals surface area contributed by atoms with Gasteiger partial charge in [0, 0.05) is 29.9 Å². The van der Waals surface area contributed by atoms with Gasteiger partial charge in [0.25, 0.3) is 0 Å². The van der Waals surface area contributed by atoms with Crippen molar-refractivity contribution in [3.8, 4) is 11.3 Å². The van der Waals surface area contributed by atoms with E-state index in [0.29, 0.717) is 5.92 Å². The number of carbonyl (C=O) groups excluding carboxylic acids is 1. The summed E-state index contributed by atoms with van der Waals surface area (Å²) in [6, 6.07) is 10.4. The summed E-state index contributed by atoms with van der Waals surface area (Å²) in [5.41, 5.74) is 5.02. The smallest absolute Gasteiger partial charge is 0.408 e. The second-order valence-electron chi connectivity index (χ2n) is 10.8. The van der Waals surface area contributed by atoms with Gasteiger partial charge >= 0.3 is 6.09 Å². The molecule has 8 heteroatoms. The van der Waals surface area contributed by atoms with Crippen LogP contribution in [0.25, 0.3) is 11.3 Å². The Balaban J connectivity index is 1.32. The minimum atomic E-state index is -0.515. The number of anilines is 2. The van der Waals surface area contributed by atoms with Gasteiger partial charge in [0.2, 0.25) is 0 Å². The largest absolute Gasteiger partial charge is 0.444 e. The van der Waals surface area contributed by atoms with E-state index in [4.69, 9.17) is 9.84 Å². The molecule has 2 unspecified atom stereocenters. The first-order valence-electron chi connectivity index (χ1n) is 12.5. The van der Waals surface area contributed by atoms with Crippen LogP contribution in [0.15, 0.2) is 36.7 Å². The van der Waals surface area contributed by atoms with Gasteiger partial charge in [-0.3, -0.25) is 4.68 Å². The zero-order chi connectivity index (χ0) is 24.6. The van der Waals surface area contributed by atoms with Crippen LogP contribution < -0.4 is 10.6 Å². The standard InChI is InChI=1S/C27H34N6O2/c1-17-10-11-33-20(12-17)14-25(32-33)31-24-15-23(28-16-29-24)19-8-9-21-18(13-19)6-5-7-22(21)30-26(34)35-27(2,3)4/h8-9,13-17,22H,5-7,10-12H2,1-4H3,(H,30,34)(H,28,29,31,32). The second-order valence-corrected chi connectivity index (χ2v) is 10.8. The summed E-state index contributed by atoms with van der Waals surface area (Å²) < 4.78 is 7.55. The number of nitrogens with zero attached hydrogens (tertiary/aromatic N) is 4. The summed E-state index contributed by atoms with van der Waals surface area (Å²) >= 11 is 0. The monoisotopic (exact) mass is 474 g/mol. The number of aromatic nitrogens is 4. The molecule has 0 spiro atoms. The van der Waals surface area contributed by atoms with Crippen molar-refractivity contribution >= 4 is 17.7 Å². The average molecular weight is 475 g/mol. The molecule has 0 fully saturated rings. The van der Waals surface area contributed by atoms with Crippen LogP contribution in [0.5, 0.6) is 0 Å². The maximum Gasteiger partial charge on any atom is 0.408 e. The minimum absolute atomic E-state index is 0.0417. The molecule has 0 saturated carbocycles. The highest BCUT2D eigenvalue weighted by atomic mass is 16.6. The third kappa shape index (κ3) is 5.47. The van der Waals surface area contributed by atoms with E-state index in [2.05, 4.69) is 56.5 Å². The van der Waals surface area contributed by atoms with Crippen LogP contribution in [0.4, 0.5) is 16.4 Å². The number of hydrogen-bond donors (Lipinski definition) is 2. The lowest BCUT2D eigenvalue weighted by Gasteiger charge is -2.28. The van der Waals surface area contributed by atoms with Crippen LogP contribution in [0, 0.1) is 5.92 Å². The van der Waals surface area contributed by atoms with E-state index in [9.17, 15) is 4.79 Å². The Kier molecular flexibility index (Phi) is 6.21. The van der Waals surface area contributed by atoms with Crippen molar-refractivity contribution in [2.45, 2.75) is 78.0 Å². The summed E-state index contributed by atoms with van der Waals surface area (Å²) in [5.74, 6) is 2.24. The lowest BCUT2D eigenvalue weighted by atomic mass is 9.86. The number of nitrogens with one attached hydrogen (secondary N) is 2. The van der Waals surface area contributed by atoms with Gasteiger partial charge < -0.3 is 15.4 Å². The Bertz CT molecular complexity index is 1230. The fourth-order valence-electron chi connectivity index (χ4n) is 4.96. The van der Waals surface area contributed by atoms with Gasteiger partial charge in [-0.1, -0.05) is 19.1 Å². The summed E-state index contributed by atoms with van der Waals surface area (Å²) in [6.45, 7) is 8.88. The zero-order valence-electron chi connectivity index (χ0n) is 21.0. The molecule has 3 heterocycles. The molecule has 3 aromatic rings. The van der Waals surface area contributed by atoms with Crippen molar-refractivity contribution in [3.63, 3.8) is 0 Å². The summed E-state index contributed by atoms with van der Waals surface area (Å²) in [7, 11) is 0. The van der Waals surface area contributed by atoms with Crippen molar-refractivity contribution in [1.29, 1.82) is 0 Å². The first-order chi connectivity index (χ1) is 16.7. The first-order valence-corrected chi connectivity index (χ1v) is 12.5. The Hall–Kier alpha value is -3.42. The number of ether oxygens (including phenoxy) is 1.